The van der Waals surface area contributed by atoms with Crippen molar-refractivity contribution in [3.63, 3.8) is 0 Å². The van der Waals surface area contributed by atoms with Crippen LogP contribution in [0.3, 0.4) is 0 Å². The van der Waals surface area contributed by atoms with Crippen LogP contribution in [-0.4, -0.2) is 45.7 Å². The molecule has 0 fully saturated rings. The maximum Gasteiger partial charge on any atom is 0.222 e. The highest BCUT2D eigenvalue weighted by Gasteiger charge is 2.10. The van der Waals surface area contributed by atoms with Crippen molar-refractivity contribution in [1.29, 1.82) is 0 Å². The van der Waals surface area contributed by atoms with Crippen LogP contribution in [-0.2, 0) is 4.79 Å². The lowest BCUT2D eigenvalue weighted by molar-refractivity contribution is -0.128. The van der Waals surface area contributed by atoms with Crippen molar-refractivity contribution in [1.82, 2.24) is 10.2 Å². The summed E-state index contributed by atoms with van der Waals surface area (Å²) in [6.07, 6.45) is 1.18. The molecule has 0 bridgehead atoms. The first-order chi connectivity index (χ1) is 9.99. The highest BCUT2D eigenvalue weighted by molar-refractivity contribution is 5.75. The molecule has 0 aliphatic heterocycles. The highest BCUT2D eigenvalue weighted by atomic mass is 16.5. The molecule has 5 heteroatoms. The minimum absolute atomic E-state index is 0.115. The minimum atomic E-state index is 0.115. The average Bonchev–Trinajstić information content (AvgIpc) is 2.50. The van der Waals surface area contributed by atoms with Crippen LogP contribution in [0.2, 0.25) is 0 Å². The molecule has 21 heavy (non-hydrogen) atoms. The van der Waals surface area contributed by atoms with Gasteiger partial charge in [0, 0.05) is 26.6 Å². The zero-order chi connectivity index (χ0) is 15.8. The molecular formula is C16H26N2O3. The summed E-state index contributed by atoms with van der Waals surface area (Å²) in [4.78, 5) is 13.1. The lowest BCUT2D eigenvalue weighted by atomic mass is 10.1. The van der Waals surface area contributed by atoms with Crippen molar-refractivity contribution in [2.24, 2.45) is 0 Å². The first kappa shape index (κ1) is 17.3. The third-order valence-corrected chi connectivity index (χ3v) is 3.41. The van der Waals surface area contributed by atoms with Crippen molar-refractivity contribution < 1.29 is 14.3 Å². The quantitative estimate of drug-likeness (QED) is 0.747. The van der Waals surface area contributed by atoms with Gasteiger partial charge in [-0.25, -0.2) is 0 Å². The van der Waals surface area contributed by atoms with Gasteiger partial charge < -0.3 is 19.7 Å². The van der Waals surface area contributed by atoms with E-state index in [-0.39, 0.29) is 11.9 Å². The van der Waals surface area contributed by atoms with Crippen LogP contribution in [0.15, 0.2) is 18.2 Å². The van der Waals surface area contributed by atoms with Gasteiger partial charge in [-0.05, 0) is 38.1 Å². The van der Waals surface area contributed by atoms with E-state index in [1.165, 1.54) is 0 Å². The van der Waals surface area contributed by atoms with E-state index in [0.717, 1.165) is 5.56 Å². The molecule has 1 aromatic rings. The molecule has 5 nitrogen and oxygen atoms in total. The lowest BCUT2D eigenvalue weighted by Gasteiger charge is -2.15. The number of nitrogens with one attached hydrogen (secondary N) is 1. The number of amides is 1. The number of nitrogens with zero attached hydrogens (tertiary/aromatic N) is 1. The van der Waals surface area contributed by atoms with Gasteiger partial charge in [-0.15, -0.1) is 0 Å². The molecule has 0 saturated heterocycles. The Morgan fingerprint density at radius 2 is 2.05 bits per heavy atom. The van der Waals surface area contributed by atoms with E-state index >= 15 is 0 Å². The molecule has 0 aromatic heterocycles. The summed E-state index contributed by atoms with van der Waals surface area (Å²) < 4.78 is 11.1. The Balaban J connectivity index is 2.57. The summed E-state index contributed by atoms with van der Waals surface area (Å²) in [7, 11) is 7.07. The van der Waals surface area contributed by atoms with E-state index < -0.39 is 0 Å². The van der Waals surface area contributed by atoms with Crippen LogP contribution in [0.25, 0.3) is 0 Å². The summed E-state index contributed by atoms with van der Waals surface area (Å²) in [5.74, 6) is 1.54. The van der Waals surface area contributed by atoms with Gasteiger partial charge in [0.25, 0.3) is 0 Å². The van der Waals surface area contributed by atoms with Crippen LogP contribution in [0.5, 0.6) is 11.5 Å². The number of benzene rings is 1. The largest absolute Gasteiger partial charge is 0.493 e. The maximum atomic E-state index is 11.5. The smallest absolute Gasteiger partial charge is 0.222 e. The summed E-state index contributed by atoms with van der Waals surface area (Å²) in [6, 6.07) is 6.16. The Kier molecular flexibility index (Phi) is 7.02. The zero-order valence-electron chi connectivity index (χ0n) is 13.6. The van der Waals surface area contributed by atoms with Gasteiger partial charge in [-0.1, -0.05) is 6.07 Å². The van der Waals surface area contributed by atoms with Crippen LogP contribution < -0.4 is 14.8 Å². The minimum Gasteiger partial charge on any atom is -0.493 e. The summed E-state index contributed by atoms with van der Waals surface area (Å²) in [5, 5.41) is 3.19. The summed E-state index contributed by atoms with van der Waals surface area (Å²) >= 11 is 0. The molecule has 0 spiro atoms. The summed E-state index contributed by atoms with van der Waals surface area (Å²) in [5.41, 5.74) is 1.14. The highest BCUT2D eigenvalue weighted by Crippen LogP contribution is 2.30. The van der Waals surface area contributed by atoms with Crippen LogP contribution >= 0.6 is 0 Å². The molecule has 1 N–H and O–H groups in total. The number of carbonyl (C=O) groups excluding carboxylic acids is 1. The van der Waals surface area contributed by atoms with Gasteiger partial charge in [0.1, 0.15) is 0 Å². The number of carbonyl (C=O) groups is 1. The second-order valence-corrected chi connectivity index (χ2v) is 5.16. The fourth-order valence-corrected chi connectivity index (χ4v) is 1.87. The molecule has 1 atom stereocenters. The molecular weight excluding hydrogens is 268 g/mol. The monoisotopic (exact) mass is 294 g/mol. The van der Waals surface area contributed by atoms with E-state index in [1.807, 2.05) is 25.2 Å². The van der Waals surface area contributed by atoms with E-state index in [0.29, 0.717) is 30.9 Å². The second-order valence-electron chi connectivity index (χ2n) is 5.16. The number of ether oxygens (including phenoxy) is 2. The zero-order valence-corrected chi connectivity index (χ0v) is 13.6. The van der Waals surface area contributed by atoms with E-state index in [9.17, 15) is 4.79 Å². The Morgan fingerprint density at radius 1 is 1.33 bits per heavy atom. The molecule has 1 unspecified atom stereocenters. The van der Waals surface area contributed by atoms with Crippen molar-refractivity contribution in [3.8, 4) is 11.5 Å². The molecule has 0 aliphatic rings. The SMILES string of the molecule is CNC(C)c1ccc(OCCCC(=O)N(C)C)c(OC)c1. The molecule has 0 radical (unpaired) electrons. The Morgan fingerprint density at radius 3 is 2.62 bits per heavy atom. The van der Waals surface area contributed by atoms with Crippen molar-refractivity contribution in [2.45, 2.75) is 25.8 Å². The van der Waals surface area contributed by atoms with Crippen molar-refractivity contribution in [2.75, 3.05) is 34.9 Å². The van der Waals surface area contributed by atoms with Gasteiger partial charge in [0.15, 0.2) is 11.5 Å². The number of hydrogen-bond acceptors (Lipinski definition) is 4. The number of methoxy groups -OCH3 is 1. The van der Waals surface area contributed by atoms with Crippen LogP contribution in [0.4, 0.5) is 0 Å². The van der Waals surface area contributed by atoms with Gasteiger partial charge in [-0.2, -0.15) is 0 Å². The van der Waals surface area contributed by atoms with E-state index in [1.54, 1.807) is 26.1 Å². The second kappa shape index (κ2) is 8.52. The molecule has 1 rings (SSSR count). The first-order valence-electron chi connectivity index (χ1n) is 7.17. The lowest BCUT2D eigenvalue weighted by Crippen LogP contribution is -2.21. The standard InChI is InChI=1S/C16H26N2O3/c1-12(17-2)13-8-9-14(15(11-13)20-5)21-10-6-7-16(19)18(3)4/h8-9,11-12,17H,6-7,10H2,1-5H3. The van der Waals surface area contributed by atoms with E-state index in [2.05, 4.69) is 12.2 Å². The molecule has 0 saturated carbocycles. The Hall–Kier alpha value is -1.75. The normalized spacial score (nSPS) is 11.9. The molecule has 1 amide bonds. The Labute approximate surface area is 127 Å². The van der Waals surface area contributed by atoms with Gasteiger partial charge >= 0.3 is 0 Å². The summed E-state index contributed by atoms with van der Waals surface area (Å²) in [6.45, 7) is 2.58. The Bertz CT molecular complexity index is 461. The van der Waals surface area contributed by atoms with Gasteiger partial charge in [0.05, 0.1) is 13.7 Å². The molecule has 0 aliphatic carbocycles. The molecule has 118 valence electrons. The van der Waals surface area contributed by atoms with E-state index in [4.69, 9.17) is 9.47 Å². The van der Waals surface area contributed by atoms with Crippen molar-refractivity contribution >= 4 is 5.91 Å². The van der Waals surface area contributed by atoms with Crippen molar-refractivity contribution in [3.05, 3.63) is 23.8 Å². The average molecular weight is 294 g/mol. The predicted molar refractivity (Wildman–Crippen MR) is 83.9 cm³/mol. The number of rotatable bonds is 8. The third-order valence-electron chi connectivity index (χ3n) is 3.41. The van der Waals surface area contributed by atoms with Crippen LogP contribution in [0.1, 0.15) is 31.4 Å². The van der Waals surface area contributed by atoms with Gasteiger partial charge in [-0.3, -0.25) is 4.79 Å². The first-order valence-corrected chi connectivity index (χ1v) is 7.17. The number of hydrogen-bond donors (Lipinski definition) is 1. The topological polar surface area (TPSA) is 50.8 Å². The fourth-order valence-electron chi connectivity index (χ4n) is 1.87. The van der Waals surface area contributed by atoms with Crippen LogP contribution in [0, 0.1) is 0 Å². The van der Waals surface area contributed by atoms with Gasteiger partial charge in [0.2, 0.25) is 5.91 Å². The maximum absolute atomic E-state index is 11.5. The fraction of sp³-hybridized carbons (Fsp3) is 0.562. The predicted octanol–water partition coefficient (Wildman–Crippen LogP) is 2.22. The molecule has 1 aromatic carbocycles. The molecule has 0 heterocycles. The third kappa shape index (κ3) is 5.27.